The molecular weight excluding hydrogens is 326 g/mol. The number of fused-ring (bicyclic) bond motifs is 1. The maximum Gasteiger partial charge on any atom is 0.270 e. The van der Waals surface area contributed by atoms with Gasteiger partial charge in [-0.15, -0.1) is 11.3 Å². The number of rotatable bonds is 6. The maximum absolute atomic E-state index is 12.0. The molecule has 0 saturated heterocycles. The van der Waals surface area contributed by atoms with Crippen molar-refractivity contribution in [3.8, 4) is 0 Å². The summed E-state index contributed by atoms with van der Waals surface area (Å²) in [6, 6.07) is 10.9. The van der Waals surface area contributed by atoms with Gasteiger partial charge >= 0.3 is 0 Å². The molecule has 0 spiro atoms. The second-order valence-electron chi connectivity index (χ2n) is 5.37. The minimum Gasteiger partial charge on any atom is -0.386 e. The van der Waals surface area contributed by atoms with Crippen molar-refractivity contribution in [3.63, 3.8) is 0 Å². The molecule has 0 aliphatic rings. The smallest absolute Gasteiger partial charge is 0.270 e. The van der Waals surface area contributed by atoms with E-state index in [1.807, 2.05) is 35.7 Å². The van der Waals surface area contributed by atoms with Crippen LogP contribution in [0.2, 0.25) is 0 Å². The van der Waals surface area contributed by atoms with Gasteiger partial charge in [0.05, 0.1) is 11.0 Å². The van der Waals surface area contributed by atoms with Crippen molar-refractivity contribution in [1.82, 2.24) is 15.3 Å². The van der Waals surface area contributed by atoms with Crippen LogP contribution in [0.1, 0.15) is 23.1 Å². The molecule has 1 amide bonds. The minimum atomic E-state index is -0.712. The van der Waals surface area contributed by atoms with E-state index in [0.29, 0.717) is 16.7 Å². The number of H-pyrrole nitrogens is 1. The number of amides is 1. The Labute approximate surface area is 142 Å². The Hall–Kier alpha value is -2.51. The van der Waals surface area contributed by atoms with Gasteiger partial charge in [-0.1, -0.05) is 18.2 Å². The van der Waals surface area contributed by atoms with Crippen LogP contribution in [0.15, 0.2) is 46.6 Å². The Balaban J connectivity index is 1.56. The lowest BCUT2D eigenvalue weighted by Crippen LogP contribution is -2.29. The number of aryl methyl sites for hydroxylation is 1. The van der Waals surface area contributed by atoms with Crippen LogP contribution in [0.4, 0.5) is 0 Å². The van der Waals surface area contributed by atoms with Gasteiger partial charge in [0.15, 0.2) is 0 Å². The second-order valence-corrected chi connectivity index (χ2v) is 6.34. The molecule has 0 saturated carbocycles. The molecular formula is C17H17N3O3S. The van der Waals surface area contributed by atoms with Gasteiger partial charge in [-0.25, -0.2) is 4.98 Å². The molecule has 1 unspecified atom stereocenters. The van der Waals surface area contributed by atoms with Crippen LogP contribution >= 0.6 is 11.3 Å². The third-order valence-corrected chi connectivity index (χ3v) is 4.60. The number of carbonyl (C=O) groups is 1. The number of aromatic amines is 1. The first-order valence-corrected chi connectivity index (χ1v) is 8.47. The number of para-hydroxylation sites is 2. The van der Waals surface area contributed by atoms with Gasteiger partial charge < -0.3 is 15.4 Å². The summed E-state index contributed by atoms with van der Waals surface area (Å²) in [6.45, 7) is 0.154. The summed E-state index contributed by atoms with van der Waals surface area (Å²) < 4.78 is 0. The van der Waals surface area contributed by atoms with E-state index in [-0.39, 0.29) is 30.9 Å². The number of aromatic nitrogens is 2. The zero-order valence-corrected chi connectivity index (χ0v) is 13.7. The highest BCUT2D eigenvalue weighted by Crippen LogP contribution is 2.17. The SMILES string of the molecule is O=C(CCc1nc2ccccc2[nH]c1=O)NCC(O)c1cccs1. The van der Waals surface area contributed by atoms with Crippen LogP contribution in [-0.2, 0) is 11.2 Å². The van der Waals surface area contributed by atoms with E-state index in [1.54, 1.807) is 6.07 Å². The van der Waals surface area contributed by atoms with Crippen LogP contribution in [0.5, 0.6) is 0 Å². The Morgan fingerprint density at radius 1 is 1.29 bits per heavy atom. The van der Waals surface area contributed by atoms with Crippen molar-refractivity contribution in [2.75, 3.05) is 6.54 Å². The number of thiophene rings is 1. The fourth-order valence-electron chi connectivity index (χ4n) is 2.35. The standard InChI is InChI=1S/C17H17N3O3S/c21-14(15-6-3-9-24-15)10-18-16(22)8-7-13-17(23)20-12-5-2-1-4-11(12)19-13/h1-6,9,14,21H,7-8,10H2,(H,18,22)(H,20,23). The Bertz CT molecular complexity index is 889. The van der Waals surface area contributed by atoms with Crippen molar-refractivity contribution in [2.24, 2.45) is 0 Å². The third-order valence-electron chi connectivity index (χ3n) is 3.62. The number of carbonyl (C=O) groups excluding carboxylic acids is 1. The lowest BCUT2D eigenvalue weighted by Gasteiger charge is -2.10. The van der Waals surface area contributed by atoms with E-state index in [2.05, 4.69) is 15.3 Å². The zero-order chi connectivity index (χ0) is 16.9. The summed E-state index contributed by atoms with van der Waals surface area (Å²) in [6.07, 6.45) is -0.316. The first-order chi connectivity index (χ1) is 11.6. The topological polar surface area (TPSA) is 95.1 Å². The quantitative estimate of drug-likeness (QED) is 0.636. The highest BCUT2D eigenvalue weighted by atomic mass is 32.1. The van der Waals surface area contributed by atoms with Crippen LogP contribution in [0, 0.1) is 0 Å². The predicted molar refractivity (Wildman–Crippen MR) is 93.0 cm³/mol. The first-order valence-electron chi connectivity index (χ1n) is 7.59. The number of nitrogens with one attached hydrogen (secondary N) is 2. The van der Waals surface area contributed by atoms with E-state index >= 15 is 0 Å². The molecule has 0 radical (unpaired) electrons. The van der Waals surface area contributed by atoms with Crippen molar-refractivity contribution >= 4 is 28.3 Å². The number of hydrogen-bond donors (Lipinski definition) is 3. The van der Waals surface area contributed by atoms with E-state index in [0.717, 1.165) is 4.88 Å². The van der Waals surface area contributed by atoms with E-state index in [9.17, 15) is 14.7 Å². The Morgan fingerprint density at radius 2 is 2.12 bits per heavy atom. The number of hydrogen-bond acceptors (Lipinski definition) is 5. The van der Waals surface area contributed by atoms with Gasteiger partial charge in [0.2, 0.25) is 5.91 Å². The van der Waals surface area contributed by atoms with Crippen molar-refractivity contribution in [2.45, 2.75) is 18.9 Å². The molecule has 0 aliphatic carbocycles. The molecule has 2 heterocycles. The van der Waals surface area contributed by atoms with E-state index < -0.39 is 6.10 Å². The summed E-state index contributed by atoms with van der Waals surface area (Å²) >= 11 is 1.44. The van der Waals surface area contributed by atoms with Gasteiger partial charge in [-0.3, -0.25) is 9.59 Å². The average Bonchev–Trinajstić information content (AvgIpc) is 3.12. The molecule has 0 fully saturated rings. The average molecular weight is 343 g/mol. The highest BCUT2D eigenvalue weighted by Gasteiger charge is 2.12. The molecule has 0 aliphatic heterocycles. The maximum atomic E-state index is 12.0. The second kappa shape index (κ2) is 7.37. The molecule has 3 N–H and O–H groups in total. The zero-order valence-electron chi connectivity index (χ0n) is 12.9. The summed E-state index contributed by atoms with van der Waals surface area (Å²) in [5, 5.41) is 14.5. The normalized spacial score (nSPS) is 12.2. The lowest BCUT2D eigenvalue weighted by atomic mass is 10.2. The van der Waals surface area contributed by atoms with E-state index in [4.69, 9.17) is 0 Å². The largest absolute Gasteiger partial charge is 0.386 e. The fraction of sp³-hybridized carbons (Fsp3) is 0.235. The Morgan fingerprint density at radius 3 is 2.92 bits per heavy atom. The van der Waals surface area contributed by atoms with E-state index in [1.165, 1.54) is 11.3 Å². The van der Waals surface area contributed by atoms with Crippen molar-refractivity contribution < 1.29 is 9.90 Å². The van der Waals surface area contributed by atoms with Gasteiger partial charge in [-0.05, 0) is 23.6 Å². The number of nitrogens with zero attached hydrogens (tertiary/aromatic N) is 1. The molecule has 6 nitrogen and oxygen atoms in total. The van der Waals surface area contributed by atoms with Crippen molar-refractivity contribution in [1.29, 1.82) is 0 Å². The fourth-order valence-corrected chi connectivity index (χ4v) is 3.06. The van der Waals surface area contributed by atoms with Gasteiger partial charge in [0, 0.05) is 24.3 Å². The molecule has 7 heteroatoms. The van der Waals surface area contributed by atoms with Crippen LogP contribution in [0.3, 0.4) is 0 Å². The molecule has 1 atom stereocenters. The number of aliphatic hydroxyl groups is 1. The predicted octanol–water partition coefficient (Wildman–Crippen LogP) is 1.77. The first kappa shape index (κ1) is 16.4. The molecule has 124 valence electrons. The number of benzene rings is 1. The van der Waals surface area contributed by atoms with Gasteiger partial charge in [0.25, 0.3) is 5.56 Å². The highest BCUT2D eigenvalue weighted by molar-refractivity contribution is 7.10. The monoisotopic (exact) mass is 343 g/mol. The molecule has 1 aromatic carbocycles. The molecule has 2 aromatic heterocycles. The van der Waals surface area contributed by atoms with Gasteiger partial charge in [-0.2, -0.15) is 0 Å². The molecule has 24 heavy (non-hydrogen) atoms. The summed E-state index contributed by atoms with van der Waals surface area (Å²) in [7, 11) is 0. The molecule has 3 rings (SSSR count). The molecule has 3 aromatic rings. The van der Waals surface area contributed by atoms with Crippen LogP contribution in [0.25, 0.3) is 11.0 Å². The summed E-state index contributed by atoms with van der Waals surface area (Å²) in [4.78, 5) is 31.8. The van der Waals surface area contributed by atoms with Crippen LogP contribution < -0.4 is 10.9 Å². The minimum absolute atomic E-state index is 0.144. The summed E-state index contributed by atoms with van der Waals surface area (Å²) in [5.74, 6) is -0.222. The third kappa shape index (κ3) is 3.87. The van der Waals surface area contributed by atoms with Gasteiger partial charge in [0.1, 0.15) is 11.8 Å². The summed E-state index contributed by atoms with van der Waals surface area (Å²) in [5.41, 5.74) is 1.43. The number of aliphatic hydroxyl groups excluding tert-OH is 1. The lowest BCUT2D eigenvalue weighted by molar-refractivity contribution is -0.121. The molecule has 0 bridgehead atoms. The van der Waals surface area contributed by atoms with Crippen molar-refractivity contribution in [3.05, 3.63) is 62.7 Å². The van der Waals surface area contributed by atoms with Crippen LogP contribution in [-0.4, -0.2) is 27.5 Å². The Kier molecular flexibility index (Phi) is 5.02.